The molecule has 0 fully saturated rings. The van der Waals surface area contributed by atoms with Gasteiger partial charge >= 0.3 is 0 Å². The first kappa shape index (κ1) is 22.5. The number of pyridine rings is 2. The first-order valence-electron chi connectivity index (χ1n) is 9.76. The van der Waals surface area contributed by atoms with Gasteiger partial charge in [0.05, 0.1) is 26.2 Å². The maximum absolute atomic E-state index is 15.0. The zero-order valence-corrected chi connectivity index (χ0v) is 19.1. The highest BCUT2D eigenvalue weighted by Gasteiger charge is 2.57. The molecule has 3 N–H and O–H groups in total. The van der Waals surface area contributed by atoms with Crippen LogP contribution < -0.4 is 11.1 Å². The van der Waals surface area contributed by atoms with Crippen molar-refractivity contribution in [2.24, 2.45) is 15.1 Å². The van der Waals surface area contributed by atoms with Crippen LogP contribution in [0.15, 0.2) is 33.8 Å². The van der Waals surface area contributed by atoms with Gasteiger partial charge in [0.15, 0.2) is 0 Å². The Morgan fingerprint density at radius 3 is 2.72 bits per heavy atom. The summed E-state index contributed by atoms with van der Waals surface area (Å²) in [5, 5.41) is 1.68. The number of amidine groups is 1. The van der Waals surface area contributed by atoms with Gasteiger partial charge in [0.2, 0.25) is 0 Å². The van der Waals surface area contributed by atoms with Crippen molar-refractivity contribution in [2.75, 3.05) is 11.9 Å². The third kappa shape index (κ3) is 3.25. The Morgan fingerprint density at radius 2 is 2.03 bits per heavy atom. The van der Waals surface area contributed by atoms with Crippen LogP contribution in [0.1, 0.15) is 43.4 Å². The van der Waals surface area contributed by atoms with Crippen molar-refractivity contribution < 1.29 is 17.8 Å². The summed E-state index contributed by atoms with van der Waals surface area (Å²) in [7, 11) is -2.87. The van der Waals surface area contributed by atoms with E-state index in [9.17, 15) is 17.8 Å². The van der Waals surface area contributed by atoms with Crippen LogP contribution in [-0.2, 0) is 15.3 Å². The molecule has 2 aliphatic rings. The van der Waals surface area contributed by atoms with E-state index in [0.29, 0.717) is 13.0 Å². The summed E-state index contributed by atoms with van der Waals surface area (Å²) < 4.78 is 45.4. The van der Waals surface area contributed by atoms with E-state index in [0.717, 1.165) is 18.3 Å². The number of rotatable bonds is 3. The topological polar surface area (TPSA) is 123 Å². The molecule has 2 aliphatic heterocycles. The minimum Gasteiger partial charge on any atom is -0.386 e. The molecule has 32 heavy (non-hydrogen) atoms. The number of hydrogen-bond donors (Lipinski definition) is 2. The molecule has 2 aromatic rings. The lowest BCUT2D eigenvalue weighted by atomic mass is 9.89. The minimum atomic E-state index is -2.87. The van der Waals surface area contributed by atoms with Crippen LogP contribution in [0.2, 0.25) is 5.02 Å². The second kappa shape index (κ2) is 7.45. The number of hydrogen-bond acceptors (Lipinski definition) is 7. The Bertz CT molecular complexity index is 1290. The average molecular weight is 483 g/mol. The van der Waals surface area contributed by atoms with Gasteiger partial charge in [-0.05, 0) is 45.4 Å². The molecule has 1 amide bonds. The van der Waals surface area contributed by atoms with Crippen molar-refractivity contribution in [1.82, 2.24) is 9.97 Å². The number of nitrogens with zero attached hydrogens (tertiary/aromatic N) is 4. The Kier molecular flexibility index (Phi) is 5.24. The van der Waals surface area contributed by atoms with Gasteiger partial charge in [-0.3, -0.25) is 9.79 Å². The second-order valence-corrected chi connectivity index (χ2v) is 11.7. The molecular weight excluding hydrogens is 462 g/mol. The Labute approximate surface area is 188 Å². The number of carbonyl (C=O) groups is 1. The minimum absolute atomic E-state index is 0.00476. The fourth-order valence-corrected chi connectivity index (χ4v) is 7.49. The van der Waals surface area contributed by atoms with Crippen LogP contribution in [0.5, 0.6) is 0 Å². The number of aromatic nitrogens is 2. The van der Waals surface area contributed by atoms with Crippen LogP contribution >= 0.6 is 11.6 Å². The predicted molar refractivity (Wildman–Crippen MR) is 118 cm³/mol. The standard InChI is InChI=1S/C20H21ClF2N6O2S/c1-19(2)18(24)29-20(3,13-6-7-26-32(13,19)31)16-12(23)4-5-14(27-16)28-17(30)15-11(21)8-10(22)9-25-15/h4-5,8-9,13H,6-7H2,1-3H3,(H2,24,29)(H,27,28,30)/t13-,20+,32-/m1/s1. The summed E-state index contributed by atoms with van der Waals surface area (Å²) in [6.45, 7) is 5.40. The molecule has 0 bridgehead atoms. The fraction of sp³-hybridized carbons (Fsp3) is 0.400. The number of aliphatic imine (C=N–C) groups is 1. The summed E-state index contributed by atoms with van der Waals surface area (Å²) >= 11 is 5.89. The van der Waals surface area contributed by atoms with Crippen molar-refractivity contribution in [3.05, 3.63) is 52.4 Å². The van der Waals surface area contributed by atoms with Crippen molar-refractivity contribution in [2.45, 2.75) is 42.7 Å². The molecule has 3 atom stereocenters. The lowest BCUT2D eigenvalue weighted by Gasteiger charge is -2.44. The van der Waals surface area contributed by atoms with E-state index in [1.165, 1.54) is 6.07 Å². The molecule has 2 aromatic heterocycles. The van der Waals surface area contributed by atoms with E-state index in [2.05, 4.69) is 24.6 Å². The van der Waals surface area contributed by atoms with Gasteiger partial charge in [-0.25, -0.2) is 27.3 Å². The maximum atomic E-state index is 15.0. The monoisotopic (exact) mass is 482 g/mol. The highest BCUT2D eigenvalue weighted by molar-refractivity contribution is 7.96. The smallest absolute Gasteiger partial charge is 0.276 e. The molecule has 0 aromatic carbocycles. The summed E-state index contributed by atoms with van der Waals surface area (Å²) in [6.07, 6.45) is 1.29. The zero-order valence-electron chi connectivity index (χ0n) is 17.5. The zero-order chi connectivity index (χ0) is 23.5. The average Bonchev–Trinajstić information content (AvgIpc) is 3.13. The molecular formula is C20H21ClF2N6O2S. The normalized spacial score (nSPS) is 28.4. The molecule has 0 aliphatic carbocycles. The van der Waals surface area contributed by atoms with E-state index < -0.39 is 42.8 Å². The van der Waals surface area contributed by atoms with Crippen molar-refractivity contribution in [3.8, 4) is 0 Å². The fourth-order valence-electron chi connectivity index (χ4n) is 4.10. The van der Waals surface area contributed by atoms with E-state index in [4.69, 9.17) is 17.3 Å². The molecule has 4 rings (SSSR count). The molecule has 0 unspecified atom stereocenters. The second-order valence-electron chi connectivity index (χ2n) is 8.32. The van der Waals surface area contributed by atoms with Gasteiger partial charge in [0, 0.05) is 6.54 Å². The number of fused-ring (bicyclic) bond motifs is 1. The highest BCUT2D eigenvalue weighted by Crippen LogP contribution is 2.47. The van der Waals surface area contributed by atoms with Gasteiger partial charge in [0.25, 0.3) is 5.91 Å². The van der Waals surface area contributed by atoms with Gasteiger partial charge in [0.1, 0.15) is 45.0 Å². The van der Waals surface area contributed by atoms with Gasteiger partial charge in [-0.1, -0.05) is 11.6 Å². The van der Waals surface area contributed by atoms with E-state index >= 15 is 0 Å². The molecule has 12 heteroatoms. The highest BCUT2D eigenvalue weighted by atomic mass is 35.5. The number of amides is 1. The molecule has 0 spiro atoms. The number of nitrogens with one attached hydrogen (secondary N) is 1. The van der Waals surface area contributed by atoms with Gasteiger partial charge < -0.3 is 11.1 Å². The van der Waals surface area contributed by atoms with Gasteiger partial charge in [-0.2, -0.15) is 0 Å². The Morgan fingerprint density at radius 1 is 1.31 bits per heavy atom. The number of halogens is 3. The first-order chi connectivity index (χ1) is 14.9. The summed E-state index contributed by atoms with van der Waals surface area (Å²) in [5.74, 6) is -2.03. The molecule has 0 saturated carbocycles. The molecule has 170 valence electrons. The van der Waals surface area contributed by atoms with Crippen molar-refractivity contribution in [3.63, 3.8) is 0 Å². The van der Waals surface area contributed by atoms with Gasteiger partial charge in [-0.15, -0.1) is 0 Å². The predicted octanol–water partition coefficient (Wildman–Crippen LogP) is 3.27. The van der Waals surface area contributed by atoms with Crippen molar-refractivity contribution >= 4 is 38.9 Å². The summed E-state index contributed by atoms with van der Waals surface area (Å²) in [6, 6.07) is 3.34. The van der Waals surface area contributed by atoms with Crippen LogP contribution in [0.3, 0.4) is 0 Å². The largest absolute Gasteiger partial charge is 0.386 e. The SMILES string of the molecule is CC1(C)C(N)=N[C@](C)(c2nc(NC(=O)c3ncc(F)cc3Cl)ccc2F)[C@H]2CCN=[S@@]21=O. The Balaban J connectivity index is 1.76. The van der Waals surface area contributed by atoms with Crippen LogP contribution in [0.25, 0.3) is 0 Å². The third-order valence-corrected chi connectivity index (χ3v) is 9.97. The Hall–Kier alpha value is -2.66. The molecule has 0 saturated heterocycles. The molecule has 8 nitrogen and oxygen atoms in total. The summed E-state index contributed by atoms with van der Waals surface area (Å²) in [5.41, 5.74) is 4.50. The first-order valence-corrected chi connectivity index (χ1v) is 11.7. The third-order valence-electron chi connectivity index (χ3n) is 5.98. The van der Waals surface area contributed by atoms with E-state index in [-0.39, 0.29) is 28.1 Å². The van der Waals surface area contributed by atoms with Crippen LogP contribution in [0.4, 0.5) is 14.6 Å². The van der Waals surface area contributed by atoms with Crippen LogP contribution in [-0.4, -0.2) is 42.5 Å². The van der Waals surface area contributed by atoms with E-state index in [1.54, 1.807) is 20.8 Å². The number of anilines is 1. The lowest BCUT2D eigenvalue weighted by Crippen LogP contribution is -2.58. The molecule has 0 radical (unpaired) electrons. The molecule has 4 heterocycles. The van der Waals surface area contributed by atoms with Crippen molar-refractivity contribution in [1.29, 1.82) is 0 Å². The quantitative estimate of drug-likeness (QED) is 0.695. The summed E-state index contributed by atoms with van der Waals surface area (Å²) in [4.78, 5) is 25.1. The number of nitrogens with two attached hydrogens (primary N) is 1. The number of carbonyl (C=O) groups excluding carboxylic acids is 1. The maximum Gasteiger partial charge on any atom is 0.276 e. The van der Waals surface area contributed by atoms with Crippen LogP contribution in [0, 0.1) is 11.6 Å². The lowest BCUT2D eigenvalue weighted by molar-refractivity contribution is 0.102. The van der Waals surface area contributed by atoms with E-state index in [1.807, 2.05) is 0 Å².